The van der Waals surface area contributed by atoms with Crippen LogP contribution in [0.1, 0.15) is 22.4 Å². The van der Waals surface area contributed by atoms with Gasteiger partial charge in [-0.05, 0) is 48.5 Å². The zero-order chi connectivity index (χ0) is 22.3. The van der Waals surface area contributed by atoms with Gasteiger partial charge < -0.3 is 14.5 Å². The molecule has 0 atom stereocenters. The van der Waals surface area contributed by atoms with E-state index >= 15 is 0 Å². The summed E-state index contributed by atoms with van der Waals surface area (Å²) in [6, 6.07) is 18.6. The van der Waals surface area contributed by atoms with Crippen LogP contribution in [-0.2, 0) is 30.7 Å². The van der Waals surface area contributed by atoms with Crippen molar-refractivity contribution in [3.05, 3.63) is 95.1 Å². The number of carbonyl (C=O) groups is 1. The first-order chi connectivity index (χ1) is 15.6. The Balaban J connectivity index is 1.39. The van der Waals surface area contributed by atoms with Crippen molar-refractivity contribution in [1.29, 1.82) is 0 Å². The number of rotatable bonds is 7. The van der Waals surface area contributed by atoms with E-state index in [-0.39, 0.29) is 18.1 Å². The highest BCUT2D eigenvalue weighted by Gasteiger charge is 2.21. The molecule has 2 aromatic carbocycles. The maximum absolute atomic E-state index is 14.0. The minimum Gasteiger partial charge on any atom is -0.491 e. The van der Waals surface area contributed by atoms with Crippen LogP contribution >= 0.6 is 0 Å². The van der Waals surface area contributed by atoms with E-state index in [0.717, 1.165) is 36.5 Å². The Labute approximate surface area is 188 Å². The van der Waals surface area contributed by atoms with Gasteiger partial charge in [-0.1, -0.05) is 30.3 Å². The molecule has 0 radical (unpaired) electrons. The maximum atomic E-state index is 14.0. The number of hydrogen-bond donors (Lipinski definition) is 0. The summed E-state index contributed by atoms with van der Waals surface area (Å²) < 4.78 is 19.9. The van der Waals surface area contributed by atoms with Crippen LogP contribution in [0.2, 0.25) is 0 Å². The lowest BCUT2D eigenvalue weighted by molar-refractivity contribution is -0.131. The van der Waals surface area contributed by atoms with Crippen molar-refractivity contribution < 1.29 is 13.9 Å². The highest BCUT2D eigenvalue weighted by molar-refractivity contribution is 5.79. The highest BCUT2D eigenvalue weighted by Crippen LogP contribution is 2.25. The number of halogens is 1. The van der Waals surface area contributed by atoms with Crippen molar-refractivity contribution in [1.82, 2.24) is 14.8 Å². The molecule has 1 amide bonds. The van der Waals surface area contributed by atoms with Gasteiger partial charge in [0.05, 0.1) is 13.0 Å². The molecule has 0 fully saturated rings. The largest absolute Gasteiger partial charge is 0.491 e. The van der Waals surface area contributed by atoms with E-state index in [2.05, 4.69) is 29.1 Å². The zero-order valence-electron chi connectivity index (χ0n) is 18.3. The van der Waals surface area contributed by atoms with Gasteiger partial charge in [-0.25, -0.2) is 4.39 Å². The Morgan fingerprint density at radius 2 is 2.00 bits per heavy atom. The molecule has 4 rings (SSSR count). The number of fused-ring (bicyclic) bond motifs is 1. The molecular formula is C26H28FN3O2. The molecule has 166 valence electrons. The van der Waals surface area contributed by atoms with E-state index in [1.165, 1.54) is 11.6 Å². The monoisotopic (exact) mass is 433 g/mol. The van der Waals surface area contributed by atoms with Gasteiger partial charge in [0.2, 0.25) is 5.91 Å². The molecule has 32 heavy (non-hydrogen) atoms. The average molecular weight is 434 g/mol. The smallest absolute Gasteiger partial charge is 0.227 e. The second-order valence-electron chi connectivity index (χ2n) is 8.18. The number of likely N-dealkylation sites (N-methyl/N-ethyl adjacent to an activating group) is 1. The number of benzene rings is 2. The second-order valence-corrected chi connectivity index (χ2v) is 8.18. The lowest BCUT2D eigenvalue weighted by Gasteiger charge is -2.21. The Hall–Kier alpha value is -3.25. The van der Waals surface area contributed by atoms with E-state index in [1.54, 1.807) is 23.1 Å². The molecule has 3 aromatic rings. The molecule has 1 aromatic heterocycles. The van der Waals surface area contributed by atoms with Crippen LogP contribution in [0.4, 0.5) is 4.39 Å². The number of ether oxygens (including phenoxy) is 1. The Morgan fingerprint density at radius 1 is 1.16 bits per heavy atom. The van der Waals surface area contributed by atoms with Crippen molar-refractivity contribution in [2.24, 2.45) is 0 Å². The van der Waals surface area contributed by atoms with Gasteiger partial charge in [0.15, 0.2) is 0 Å². The normalized spacial score (nSPS) is 13.4. The molecule has 0 saturated carbocycles. The van der Waals surface area contributed by atoms with Crippen molar-refractivity contribution in [3.8, 4) is 5.75 Å². The summed E-state index contributed by atoms with van der Waals surface area (Å²) in [6.07, 6.45) is 2.77. The number of carbonyl (C=O) groups excluding carboxylic acids is 1. The van der Waals surface area contributed by atoms with E-state index in [4.69, 9.17) is 4.74 Å². The van der Waals surface area contributed by atoms with Gasteiger partial charge in [-0.2, -0.15) is 0 Å². The SMILES string of the molecule is CN(CCc1ccccn1)Cc1ccc2c(c1)CN(C(=O)Cc1ccccc1F)CCO2. The van der Waals surface area contributed by atoms with Crippen molar-refractivity contribution in [2.45, 2.75) is 25.9 Å². The number of aromatic nitrogens is 1. The van der Waals surface area contributed by atoms with Gasteiger partial charge in [0.1, 0.15) is 18.2 Å². The third-order valence-corrected chi connectivity index (χ3v) is 5.69. The molecule has 0 spiro atoms. The molecule has 0 N–H and O–H groups in total. The summed E-state index contributed by atoms with van der Waals surface area (Å²) >= 11 is 0. The first kappa shape index (κ1) is 22.0. The van der Waals surface area contributed by atoms with Crippen molar-refractivity contribution >= 4 is 5.91 Å². The molecule has 0 saturated heterocycles. The topological polar surface area (TPSA) is 45.7 Å². The predicted molar refractivity (Wildman–Crippen MR) is 122 cm³/mol. The number of nitrogens with zero attached hydrogens (tertiary/aromatic N) is 3. The Bertz CT molecular complexity index is 1060. The molecule has 0 bridgehead atoms. The minimum absolute atomic E-state index is 0.0535. The zero-order valence-corrected chi connectivity index (χ0v) is 18.3. The first-order valence-corrected chi connectivity index (χ1v) is 10.9. The fourth-order valence-corrected chi connectivity index (χ4v) is 3.92. The van der Waals surface area contributed by atoms with E-state index in [1.807, 2.05) is 30.5 Å². The molecule has 2 heterocycles. The molecule has 0 unspecified atom stereocenters. The van der Waals surface area contributed by atoms with E-state index in [9.17, 15) is 9.18 Å². The fourth-order valence-electron chi connectivity index (χ4n) is 3.92. The lowest BCUT2D eigenvalue weighted by Crippen LogP contribution is -2.33. The second kappa shape index (κ2) is 10.4. The summed E-state index contributed by atoms with van der Waals surface area (Å²) in [5.41, 5.74) is 3.66. The van der Waals surface area contributed by atoms with Crippen LogP contribution in [0.3, 0.4) is 0 Å². The standard InChI is InChI=1S/C26H28FN3O2/c1-29(13-11-23-7-4-5-12-28-23)18-20-9-10-25-22(16-20)19-30(14-15-32-25)26(31)17-21-6-2-3-8-24(21)27/h2-10,12,16H,11,13-15,17-19H2,1H3. The molecular weight excluding hydrogens is 405 g/mol. The fraction of sp³-hybridized carbons (Fsp3) is 0.308. The molecule has 1 aliphatic rings. The van der Waals surface area contributed by atoms with Crippen LogP contribution in [0.5, 0.6) is 5.75 Å². The average Bonchev–Trinajstić information content (AvgIpc) is 3.02. The molecule has 5 nitrogen and oxygen atoms in total. The molecule has 1 aliphatic heterocycles. The van der Waals surface area contributed by atoms with Crippen LogP contribution in [0.15, 0.2) is 66.9 Å². The maximum Gasteiger partial charge on any atom is 0.227 e. The lowest BCUT2D eigenvalue weighted by atomic mass is 10.1. The Kier molecular flexibility index (Phi) is 7.12. The first-order valence-electron chi connectivity index (χ1n) is 10.9. The highest BCUT2D eigenvalue weighted by atomic mass is 19.1. The van der Waals surface area contributed by atoms with Crippen molar-refractivity contribution in [3.63, 3.8) is 0 Å². The third kappa shape index (κ3) is 5.71. The number of amides is 1. The summed E-state index contributed by atoms with van der Waals surface area (Å²) in [5.74, 6) is 0.374. The van der Waals surface area contributed by atoms with Gasteiger partial charge in [-0.15, -0.1) is 0 Å². The van der Waals surface area contributed by atoms with Crippen LogP contribution < -0.4 is 4.74 Å². The number of pyridine rings is 1. The van der Waals surface area contributed by atoms with E-state index < -0.39 is 0 Å². The van der Waals surface area contributed by atoms with Crippen molar-refractivity contribution in [2.75, 3.05) is 26.7 Å². The van der Waals surface area contributed by atoms with Crippen LogP contribution in [0.25, 0.3) is 0 Å². The summed E-state index contributed by atoms with van der Waals surface area (Å²) in [7, 11) is 2.09. The predicted octanol–water partition coefficient (Wildman–Crippen LogP) is 3.86. The van der Waals surface area contributed by atoms with Gasteiger partial charge >= 0.3 is 0 Å². The van der Waals surface area contributed by atoms with Crippen LogP contribution in [-0.4, -0.2) is 47.4 Å². The van der Waals surface area contributed by atoms with Crippen LogP contribution in [0, 0.1) is 5.82 Å². The third-order valence-electron chi connectivity index (χ3n) is 5.69. The number of hydrogen-bond acceptors (Lipinski definition) is 4. The summed E-state index contributed by atoms with van der Waals surface area (Å²) in [4.78, 5) is 21.3. The molecule has 0 aliphatic carbocycles. The van der Waals surface area contributed by atoms with E-state index in [0.29, 0.717) is 25.3 Å². The Morgan fingerprint density at radius 3 is 2.81 bits per heavy atom. The minimum atomic E-state index is -0.344. The summed E-state index contributed by atoms with van der Waals surface area (Å²) in [5, 5.41) is 0. The van der Waals surface area contributed by atoms with Gasteiger partial charge in [-0.3, -0.25) is 9.78 Å². The summed E-state index contributed by atoms with van der Waals surface area (Å²) in [6.45, 7) is 3.08. The van der Waals surface area contributed by atoms with Gasteiger partial charge in [0, 0.05) is 43.5 Å². The van der Waals surface area contributed by atoms with Gasteiger partial charge in [0.25, 0.3) is 0 Å². The molecule has 6 heteroatoms. The quantitative estimate of drug-likeness (QED) is 0.568.